The van der Waals surface area contributed by atoms with Crippen molar-refractivity contribution < 1.29 is 0 Å². The lowest BCUT2D eigenvalue weighted by Crippen LogP contribution is -2.46. The number of rotatable bonds is 2. The lowest BCUT2D eigenvalue weighted by Gasteiger charge is -2.42. The van der Waals surface area contributed by atoms with Crippen LogP contribution in [0.2, 0.25) is 10.0 Å². The zero-order valence-electron chi connectivity index (χ0n) is 17.2. The number of aryl methyl sites for hydroxylation is 1. The summed E-state index contributed by atoms with van der Waals surface area (Å²) >= 11 is 12.5. The number of H-pyrrole nitrogens is 1. The molecule has 0 unspecified atom stereocenters. The Morgan fingerprint density at radius 1 is 1.19 bits per heavy atom. The monoisotopic (exact) mass is 455 g/mol. The molecule has 0 saturated carbocycles. The molecule has 1 aromatic carbocycles. The molecule has 1 spiro atoms. The number of piperidine rings is 1. The highest BCUT2D eigenvalue weighted by Crippen LogP contribution is 2.50. The number of fused-ring (bicyclic) bond motifs is 1. The van der Waals surface area contributed by atoms with Crippen LogP contribution in [0, 0.1) is 12.3 Å². The van der Waals surface area contributed by atoms with Crippen molar-refractivity contribution in [1.82, 2.24) is 15.0 Å². The number of hydrogen-bond acceptors (Lipinski definition) is 5. The maximum Gasteiger partial charge on any atom is 0.291 e. The number of benzene rings is 1. The Morgan fingerprint density at radius 3 is 2.71 bits per heavy atom. The van der Waals surface area contributed by atoms with Crippen molar-refractivity contribution in [1.29, 1.82) is 0 Å². The summed E-state index contributed by atoms with van der Waals surface area (Å²) < 4.78 is 0. The first-order chi connectivity index (χ1) is 14.9. The topological polar surface area (TPSA) is 87.9 Å². The predicted octanol–water partition coefficient (Wildman–Crippen LogP) is 4.29. The average molecular weight is 456 g/mol. The number of nitrogens with zero attached hydrogens (tertiary/aromatic N) is 3. The molecule has 2 aromatic heterocycles. The van der Waals surface area contributed by atoms with E-state index in [1.165, 1.54) is 0 Å². The minimum absolute atomic E-state index is 0.00322. The molecule has 160 valence electrons. The summed E-state index contributed by atoms with van der Waals surface area (Å²) in [7, 11) is 0. The van der Waals surface area contributed by atoms with E-state index in [2.05, 4.69) is 25.9 Å². The molecule has 8 heteroatoms. The molecule has 6 nitrogen and oxygen atoms in total. The largest absolute Gasteiger partial charge is 0.352 e. The zero-order valence-corrected chi connectivity index (χ0v) is 18.7. The first-order valence-electron chi connectivity index (χ1n) is 10.4. The number of nitrogens with two attached hydrogens (primary N) is 1. The third-order valence-corrected chi connectivity index (χ3v) is 7.62. The van der Waals surface area contributed by atoms with Crippen LogP contribution in [0.1, 0.15) is 35.8 Å². The van der Waals surface area contributed by atoms with Crippen molar-refractivity contribution in [2.75, 3.05) is 18.0 Å². The summed E-state index contributed by atoms with van der Waals surface area (Å²) in [6.07, 6.45) is 4.52. The lowest BCUT2D eigenvalue weighted by molar-refractivity contribution is 0.186. The van der Waals surface area contributed by atoms with E-state index in [4.69, 9.17) is 28.9 Å². The van der Waals surface area contributed by atoms with Gasteiger partial charge in [-0.25, -0.2) is 4.98 Å². The standard InChI is InChI=1S/C23H23Cl2N5O/c1-13-19(15-4-2-6-16(24)18(15)25)29-22(31)21(28-13)30-10-7-23(8-11-30)12-17-14(20(23)26)5-3-9-27-17/h2-6,9,20H,7-8,10-12,26H2,1H3,(H,29,31)/t20-/m1/s1. The van der Waals surface area contributed by atoms with Crippen LogP contribution in [0.4, 0.5) is 5.82 Å². The summed E-state index contributed by atoms with van der Waals surface area (Å²) in [4.78, 5) is 27.2. The number of pyridine rings is 1. The van der Waals surface area contributed by atoms with Crippen LogP contribution in [0.5, 0.6) is 0 Å². The summed E-state index contributed by atoms with van der Waals surface area (Å²) in [6.45, 7) is 3.33. The van der Waals surface area contributed by atoms with Crippen molar-refractivity contribution in [3.8, 4) is 11.3 Å². The van der Waals surface area contributed by atoms with Crippen molar-refractivity contribution >= 4 is 29.0 Å². The smallest absolute Gasteiger partial charge is 0.291 e. The Hall–Kier alpha value is -2.41. The number of aromatic nitrogens is 3. The number of halogens is 2. The molecule has 3 N–H and O–H groups in total. The average Bonchev–Trinajstić information content (AvgIpc) is 3.04. The van der Waals surface area contributed by atoms with Crippen LogP contribution < -0.4 is 16.2 Å². The van der Waals surface area contributed by atoms with E-state index in [0.717, 1.165) is 43.6 Å². The Balaban J connectivity index is 1.40. The second-order valence-corrected chi connectivity index (χ2v) is 9.28. The minimum atomic E-state index is -0.228. The molecule has 3 aromatic rings. The van der Waals surface area contributed by atoms with Gasteiger partial charge in [-0.3, -0.25) is 9.78 Å². The molecular weight excluding hydrogens is 433 g/mol. The molecule has 0 radical (unpaired) electrons. The molecule has 1 saturated heterocycles. The predicted molar refractivity (Wildman–Crippen MR) is 124 cm³/mol. The van der Waals surface area contributed by atoms with Gasteiger partial charge in [0.15, 0.2) is 5.82 Å². The second-order valence-electron chi connectivity index (χ2n) is 8.49. The molecule has 1 aliphatic heterocycles. The molecule has 1 aliphatic carbocycles. The van der Waals surface area contributed by atoms with Gasteiger partial charge in [0.25, 0.3) is 5.56 Å². The Kier molecular flexibility index (Phi) is 5.04. The molecule has 0 bridgehead atoms. The van der Waals surface area contributed by atoms with Crippen LogP contribution in [-0.2, 0) is 6.42 Å². The van der Waals surface area contributed by atoms with E-state index in [1.807, 2.05) is 25.3 Å². The second kappa shape index (κ2) is 7.62. The van der Waals surface area contributed by atoms with Crippen molar-refractivity contribution in [2.24, 2.45) is 11.1 Å². The van der Waals surface area contributed by atoms with Crippen LogP contribution in [0.25, 0.3) is 11.3 Å². The van der Waals surface area contributed by atoms with Crippen molar-refractivity contribution in [3.63, 3.8) is 0 Å². The number of anilines is 1. The molecule has 1 atom stereocenters. The van der Waals surface area contributed by atoms with Gasteiger partial charge in [-0.1, -0.05) is 41.4 Å². The molecule has 5 rings (SSSR count). The molecular formula is C23H23Cl2N5O. The molecule has 31 heavy (non-hydrogen) atoms. The molecule has 3 heterocycles. The number of aromatic amines is 1. The van der Waals surface area contributed by atoms with Gasteiger partial charge in [-0.05, 0) is 49.3 Å². The fourth-order valence-corrected chi connectivity index (χ4v) is 5.40. The summed E-state index contributed by atoms with van der Waals surface area (Å²) in [5, 5.41) is 0.842. The lowest BCUT2D eigenvalue weighted by atomic mass is 9.73. The highest BCUT2D eigenvalue weighted by atomic mass is 35.5. The van der Waals surface area contributed by atoms with Gasteiger partial charge in [0.2, 0.25) is 0 Å². The fourth-order valence-electron chi connectivity index (χ4n) is 5.01. The molecule has 2 aliphatic rings. The Bertz CT molecular complexity index is 1220. The third kappa shape index (κ3) is 3.34. The molecule has 1 fully saturated rings. The summed E-state index contributed by atoms with van der Waals surface area (Å²) in [6, 6.07) is 9.37. The normalized spacial score (nSPS) is 19.6. The van der Waals surface area contributed by atoms with Crippen LogP contribution in [0.3, 0.4) is 0 Å². The van der Waals surface area contributed by atoms with E-state index in [1.54, 1.807) is 12.1 Å². The van der Waals surface area contributed by atoms with Gasteiger partial charge in [-0.15, -0.1) is 0 Å². The van der Waals surface area contributed by atoms with Gasteiger partial charge in [0.05, 0.1) is 21.4 Å². The van der Waals surface area contributed by atoms with Crippen LogP contribution >= 0.6 is 23.2 Å². The van der Waals surface area contributed by atoms with Crippen molar-refractivity contribution in [3.05, 3.63) is 73.9 Å². The van der Waals surface area contributed by atoms with Gasteiger partial charge >= 0.3 is 0 Å². The minimum Gasteiger partial charge on any atom is -0.352 e. The van der Waals surface area contributed by atoms with E-state index in [9.17, 15) is 4.79 Å². The number of hydrogen-bond donors (Lipinski definition) is 2. The quantitative estimate of drug-likeness (QED) is 0.601. The summed E-state index contributed by atoms with van der Waals surface area (Å²) in [5.41, 5.74) is 10.6. The first-order valence-corrected chi connectivity index (χ1v) is 11.1. The van der Waals surface area contributed by atoms with Crippen LogP contribution in [-0.4, -0.2) is 28.0 Å². The number of nitrogens with one attached hydrogen (secondary N) is 1. The maximum atomic E-state index is 12.9. The van der Waals surface area contributed by atoms with E-state index < -0.39 is 0 Å². The Morgan fingerprint density at radius 2 is 1.97 bits per heavy atom. The van der Waals surface area contributed by atoms with Crippen molar-refractivity contribution in [2.45, 2.75) is 32.2 Å². The third-order valence-electron chi connectivity index (χ3n) is 6.80. The maximum absolute atomic E-state index is 12.9. The van der Waals surface area contributed by atoms with Gasteiger partial charge in [0, 0.05) is 36.6 Å². The van der Waals surface area contributed by atoms with E-state index in [0.29, 0.717) is 32.8 Å². The fraction of sp³-hybridized carbons (Fsp3) is 0.348. The van der Waals surface area contributed by atoms with E-state index >= 15 is 0 Å². The molecule has 0 amide bonds. The highest BCUT2D eigenvalue weighted by Gasteiger charge is 2.46. The van der Waals surface area contributed by atoms with Gasteiger partial charge < -0.3 is 15.6 Å². The first kappa shape index (κ1) is 20.5. The summed E-state index contributed by atoms with van der Waals surface area (Å²) in [5.74, 6) is 0.441. The van der Waals surface area contributed by atoms with Gasteiger partial charge in [-0.2, -0.15) is 0 Å². The van der Waals surface area contributed by atoms with Crippen LogP contribution in [0.15, 0.2) is 41.3 Å². The van der Waals surface area contributed by atoms with E-state index in [-0.39, 0.29) is 17.0 Å². The Labute approximate surface area is 190 Å². The SMILES string of the molecule is Cc1nc(N2CCC3(CC2)Cc2ncccc2[C@H]3N)c(=O)[nH]c1-c1cccc(Cl)c1Cl. The highest BCUT2D eigenvalue weighted by molar-refractivity contribution is 6.43. The zero-order chi connectivity index (χ0) is 21.8. The van der Waals surface area contributed by atoms with Gasteiger partial charge in [0.1, 0.15) is 0 Å².